The van der Waals surface area contributed by atoms with Crippen LogP contribution in [-0.2, 0) is 21.2 Å². The molecule has 0 saturated carbocycles. The molecule has 2 unspecified atom stereocenters. The lowest BCUT2D eigenvalue weighted by Crippen LogP contribution is -2.41. The number of rotatable bonds is 4. The van der Waals surface area contributed by atoms with Crippen molar-refractivity contribution in [3.63, 3.8) is 0 Å². The van der Waals surface area contributed by atoms with Crippen LogP contribution < -0.4 is 15.4 Å². The Labute approximate surface area is 125 Å². The number of benzene rings is 1. The van der Waals surface area contributed by atoms with Gasteiger partial charge < -0.3 is 10.6 Å². The van der Waals surface area contributed by atoms with E-state index in [0.29, 0.717) is 13.0 Å². The van der Waals surface area contributed by atoms with Crippen molar-refractivity contribution in [3.8, 4) is 0 Å². The molecule has 1 amide bonds. The summed E-state index contributed by atoms with van der Waals surface area (Å²) in [5.74, 6) is -0.287. The number of amides is 1. The zero-order valence-corrected chi connectivity index (χ0v) is 13.3. The van der Waals surface area contributed by atoms with Gasteiger partial charge in [-0.15, -0.1) is 0 Å². The van der Waals surface area contributed by atoms with Crippen LogP contribution in [0.3, 0.4) is 0 Å². The van der Waals surface area contributed by atoms with Crippen LogP contribution in [0.1, 0.15) is 19.4 Å². The summed E-state index contributed by atoms with van der Waals surface area (Å²) < 4.78 is 25.9. The van der Waals surface area contributed by atoms with Crippen LogP contribution in [0.25, 0.3) is 0 Å². The Morgan fingerprint density at radius 1 is 1.38 bits per heavy atom. The van der Waals surface area contributed by atoms with Gasteiger partial charge in [-0.2, -0.15) is 0 Å². The van der Waals surface area contributed by atoms with E-state index < -0.39 is 10.0 Å². The highest BCUT2D eigenvalue weighted by molar-refractivity contribution is 7.89. The number of hydrogen-bond acceptors (Lipinski definition) is 4. The highest BCUT2D eigenvalue weighted by Gasteiger charge is 2.30. The van der Waals surface area contributed by atoms with Gasteiger partial charge in [0.15, 0.2) is 0 Å². The molecule has 0 aliphatic carbocycles. The molecule has 21 heavy (non-hydrogen) atoms. The zero-order chi connectivity index (χ0) is 15.8. The summed E-state index contributed by atoms with van der Waals surface area (Å²) in [6, 6.07) is 4.63. The summed E-state index contributed by atoms with van der Waals surface area (Å²) in [5, 5.41) is 0. The van der Waals surface area contributed by atoms with Gasteiger partial charge in [0.1, 0.15) is 0 Å². The van der Waals surface area contributed by atoms with Crippen LogP contribution in [0.5, 0.6) is 0 Å². The van der Waals surface area contributed by atoms with Crippen LogP contribution in [0.4, 0.5) is 5.69 Å². The highest BCUT2D eigenvalue weighted by Crippen LogP contribution is 2.31. The molecule has 1 heterocycles. The second-order valence-corrected chi connectivity index (χ2v) is 7.27. The molecule has 0 bridgehead atoms. The Morgan fingerprint density at radius 3 is 2.62 bits per heavy atom. The first kappa shape index (κ1) is 15.9. The smallest absolute Gasteiger partial charge is 0.240 e. The quantitative estimate of drug-likeness (QED) is 0.845. The Balaban J connectivity index is 2.33. The molecule has 2 atom stereocenters. The monoisotopic (exact) mass is 311 g/mol. The topological polar surface area (TPSA) is 92.5 Å². The third kappa shape index (κ3) is 2.95. The van der Waals surface area contributed by atoms with Crippen molar-refractivity contribution in [2.24, 2.45) is 11.7 Å². The largest absolute Gasteiger partial charge is 0.327 e. The predicted molar refractivity (Wildman–Crippen MR) is 81.6 cm³/mol. The number of nitrogens with two attached hydrogens (primary N) is 1. The van der Waals surface area contributed by atoms with Crippen molar-refractivity contribution in [1.82, 2.24) is 4.72 Å². The summed E-state index contributed by atoms with van der Waals surface area (Å²) in [4.78, 5) is 14.3. The van der Waals surface area contributed by atoms with Crippen LogP contribution in [0, 0.1) is 5.92 Å². The van der Waals surface area contributed by atoms with E-state index in [-0.39, 0.29) is 22.8 Å². The van der Waals surface area contributed by atoms with Gasteiger partial charge in [0, 0.05) is 18.3 Å². The maximum atomic E-state index is 12.4. The van der Waals surface area contributed by atoms with Gasteiger partial charge in [-0.1, -0.05) is 6.92 Å². The van der Waals surface area contributed by atoms with Gasteiger partial charge in [-0.3, -0.25) is 4.79 Å². The summed E-state index contributed by atoms with van der Waals surface area (Å²) in [6.45, 7) is 4.18. The van der Waals surface area contributed by atoms with Crippen molar-refractivity contribution in [3.05, 3.63) is 23.8 Å². The van der Waals surface area contributed by atoms with E-state index in [1.54, 1.807) is 17.0 Å². The first-order valence-corrected chi connectivity index (χ1v) is 8.39. The average Bonchev–Trinajstić information content (AvgIpc) is 2.88. The van der Waals surface area contributed by atoms with Crippen molar-refractivity contribution in [2.75, 3.05) is 18.5 Å². The molecule has 0 saturated heterocycles. The van der Waals surface area contributed by atoms with Crippen molar-refractivity contribution >= 4 is 21.6 Å². The van der Waals surface area contributed by atoms with E-state index in [4.69, 9.17) is 5.73 Å². The van der Waals surface area contributed by atoms with Gasteiger partial charge in [0.25, 0.3) is 0 Å². The molecule has 0 spiro atoms. The minimum atomic E-state index is -3.46. The molecule has 1 aliphatic rings. The maximum Gasteiger partial charge on any atom is 0.240 e. The minimum Gasteiger partial charge on any atom is -0.327 e. The van der Waals surface area contributed by atoms with Crippen LogP contribution >= 0.6 is 0 Å². The molecule has 3 N–H and O–H groups in total. The van der Waals surface area contributed by atoms with Crippen molar-refractivity contribution in [2.45, 2.75) is 31.2 Å². The lowest BCUT2D eigenvalue weighted by molar-refractivity contribution is -0.122. The van der Waals surface area contributed by atoms with Crippen LogP contribution in [0.2, 0.25) is 0 Å². The summed E-state index contributed by atoms with van der Waals surface area (Å²) in [5.41, 5.74) is 7.44. The number of hydrogen-bond donors (Lipinski definition) is 2. The number of nitrogens with zero attached hydrogens (tertiary/aromatic N) is 1. The molecule has 2 rings (SSSR count). The fourth-order valence-electron chi connectivity index (χ4n) is 2.36. The Hall–Kier alpha value is -1.44. The molecule has 0 fully saturated rings. The Morgan fingerprint density at radius 2 is 2.05 bits per heavy atom. The van der Waals surface area contributed by atoms with E-state index in [2.05, 4.69) is 4.72 Å². The van der Waals surface area contributed by atoms with Crippen molar-refractivity contribution in [1.29, 1.82) is 0 Å². The highest BCUT2D eigenvalue weighted by atomic mass is 32.2. The normalized spacial score (nSPS) is 17.4. The third-order valence-corrected chi connectivity index (χ3v) is 5.38. The maximum absolute atomic E-state index is 12.4. The van der Waals surface area contributed by atoms with Crippen molar-refractivity contribution < 1.29 is 13.2 Å². The number of carbonyl (C=O) groups excluding carboxylic acids is 1. The molecule has 7 heteroatoms. The van der Waals surface area contributed by atoms with E-state index in [0.717, 1.165) is 11.3 Å². The third-order valence-electron chi connectivity index (χ3n) is 3.97. The summed E-state index contributed by atoms with van der Waals surface area (Å²) in [7, 11) is -2.08. The first-order valence-electron chi connectivity index (χ1n) is 6.91. The van der Waals surface area contributed by atoms with E-state index >= 15 is 0 Å². The lowest BCUT2D eigenvalue weighted by atomic mass is 10.0. The second kappa shape index (κ2) is 5.75. The first-order chi connectivity index (χ1) is 9.77. The van der Waals surface area contributed by atoms with E-state index in [9.17, 15) is 13.2 Å². The van der Waals surface area contributed by atoms with Gasteiger partial charge in [-0.25, -0.2) is 13.1 Å². The predicted octanol–water partition coefficient (Wildman–Crippen LogP) is 0.467. The molecule has 0 aromatic heterocycles. The standard InChI is InChI=1S/C14H21N3O3S/c1-9(10(2)15)14(18)17-7-6-11-8-12(4-5-13(11)17)21(19,20)16-3/h4-5,8-10,16H,6-7,15H2,1-3H3. The minimum absolute atomic E-state index is 0.0204. The van der Waals surface area contributed by atoms with Gasteiger partial charge in [0.2, 0.25) is 15.9 Å². The lowest BCUT2D eigenvalue weighted by Gasteiger charge is -2.23. The Bertz CT molecular complexity index is 655. The number of carbonyl (C=O) groups is 1. The van der Waals surface area contributed by atoms with E-state index in [1.807, 2.05) is 13.8 Å². The van der Waals surface area contributed by atoms with E-state index in [1.165, 1.54) is 13.1 Å². The molecule has 0 radical (unpaired) electrons. The molecule has 1 aromatic carbocycles. The molecule has 1 aromatic rings. The zero-order valence-electron chi connectivity index (χ0n) is 12.5. The summed E-state index contributed by atoms with van der Waals surface area (Å²) >= 11 is 0. The number of sulfonamides is 1. The molecule has 6 nitrogen and oxygen atoms in total. The second-order valence-electron chi connectivity index (χ2n) is 5.39. The molecular formula is C14H21N3O3S. The summed E-state index contributed by atoms with van der Waals surface area (Å²) in [6.07, 6.45) is 0.653. The SMILES string of the molecule is CNS(=O)(=O)c1ccc2c(c1)CCN2C(=O)C(C)C(C)N. The number of fused-ring (bicyclic) bond motifs is 1. The molecule has 116 valence electrons. The Kier molecular flexibility index (Phi) is 4.36. The van der Waals surface area contributed by atoms with Crippen LogP contribution in [-0.4, -0.2) is 34.0 Å². The average molecular weight is 311 g/mol. The molecular weight excluding hydrogens is 290 g/mol. The van der Waals surface area contributed by atoms with Gasteiger partial charge in [-0.05, 0) is 44.2 Å². The number of nitrogens with one attached hydrogen (secondary N) is 1. The fraction of sp³-hybridized carbons (Fsp3) is 0.500. The van der Waals surface area contributed by atoms with Gasteiger partial charge >= 0.3 is 0 Å². The fourth-order valence-corrected chi connectivity index (χ4v) is 3.14. The molecule has 1 aliphatic heterocycles. The number of anilines is 1. The van der Waals surface area contributed by atoms with Gasteiger partial charge in [0.05, 0.1) is 10.8 Å². The van der Waals surface area contributed by atoms with Crippen LogP contribution in [0.15, 0.2) is 23.1 Å².